The molecule has 2 aromatic carbocycles. The normalized spacial score (nSPS) is 23.8. The Balaban J connectivity index is 1.59. The van der Waals surface area contributed by atoms with Crippen LogP contribution in [0.25, 0.3) is 0 Å². The zero-order chi connectivity index (χ0) is 21.3. The molecule has 4 rings (SSSR count). The summed E-state index contributed by atoms with van der Waals surface area (Å²) in [6.45, 7) is 1.52. The van der Waals surface area contributed by atoms with Gasteiger partial charge in [0.15, 0.2) is 6.29 Å². The fourth-order valence-electron chi connectivity index (χ4n) is 3.98. The molecule has 1 saturated carbocycles. The lowest BCUT2D eigenvalue weighted by molar-refractivity contribution is -0.133. The van der Waals surface area contributed by atoms with Crippen molar-refractivity contribution >= 4 is 29.1 Å². The molecule has 2 fully saturated rings. The maximum Gasteiger partial charge on any atom is 0.233 e. The fourth-order valence-corrected chi connectivity index (χ4v) is 4.28. The molecular formula is C23H22Cl2FNO3. The first-order chi connectivity index (χ1) is 14.4. The first-order valence-corrected chi connectivity index (χ1v) is 10.5. The maximum atomic E-state index is 13.6. The maximum absolute atomic E-state index is 13.6. The molecule has 1 saturated heterocycles. The third kappa shape index (κ3) is 4.26. The van der Waals surface area contributed by atoms with Gasteiger partial charge in [0, 0.05) is 13.6 Å². The highest BCUT2D eigenvalue weighted by atomic mass is 35.5. The number of carbonyl (C=O) groups excluding carboxylic acids is 1. The summed E-state index contributed by atoms with van der Waals surface area (Å²) in [4.78, 5) is 15.3. The number of halogens is 3. The van der Waals surface area contributed by atoms with E-state index in [2.05, 4.69) is 0 Å². The van der Waals surface area contributed by atoms with Crippen LogP contribution in [0.2, 0.25) is 10.0 Å². The molecule has 2 aromatic rings. The Morgan fingerprint density at radius 1 is 1.13 bits per heavy atom. The van der Waals surface area contributed by atoms with E-state index in [1.165, 1.54) is 12.1 Å². The van der Waals surface area contributed by atoms with Crippen molar-refractivity contribution in [2.24, 2.45) is 5.92 Å². The van der Waals surface area contributed by atoms with Gasteiger partial charge in [0.2, 0.25) is 5.91 Å². The van der Waals surface area contributed by atoms with E-state index in [0.29, 0.717) is 36.2 Å². The van der Waals surface area contributed by atoms with Gasteiger partial charge in [0.1, 0.15) is 5.82 Å². The van der Waals surface area contributed by atoms with Crippen LogP contribution in [-0.2, 0) is 26.2 Å². The molecular weight excluding hydrogens is 428 g/mol. The van der Waals surface area contributed by atoms with Gasteiger partial charge in [0.05, 0.1) is 28.7 Å². The number of hydrogen-bond donors (Lipinski definition) is 0. The van der Waals surface area contributed by atoms with E-state index in [-0.39, 0.29) is 23.9 Å². The summed E-state index contributed by atoms with van der Waals surface area (Å²) >= 11 is 12.3. The van der Waals surface area contributed by atoms with E-state index in [9.17, 15) is 9.18 Å². The van der Waals surface area contributed by atoms with Gasteiger partial charge in [-0.15, -0.1) is 0 Å². The minimum absolute atomic E-state index is 0.00860. The number of likely N-dealkylation sites (N-methyl/N-ethyl adjacent to an activating group) is 1. The Bertz CT molecular complexity index is 959. The molecule has 7 heteroatoms. The molecule has 2 atom stereocenters. The van der Waals surface area contributed by atoms with Gasteiger partial charge in [-0.3, -0.25) is 4.79 Å². The Morgan fingerprint density at radius 3 is 2.50 bits per heavy atom. The zero-order valence-electron chi connectivity index (χ0n) is 16.5. The Kier molecular flexibility index (Phi) is 6.16. The van der Waals surface area contributed by atoms with E-state index in [4.69, 9.17) is 32.7 Å². The lowest BCUT2D eigenvalue weighted by Gasteiger charge is -2.25. The predicted molar refractivity (Wildman–Crippen MR) is 114 cm³/mol. The first-order valence-electron chi connectivity index (χ1n) is 9.77. The first kappa shape index (κ1) is 21.3. The van der Waals surface area contributed by atoms with Gasteiger partial charge in [-0.2, -0.15) is 0 Å². The summed E-state index contributed by atoms with van der Waals surface area (Å²) in [5.41, 5.74) is 0.964. The smallest absolute Gasteiger partial charge is 0.233 e. The molecule has 1 aliphatic heterocycles. The van der Waals surface area contributed by atoms with Gasteiger partial charge in [-0.1, -0.05) is 47.5 Å². The van der Waals surface area contributed by atoms with Crippen molar-refractivity contribution in [1.29, 1.82) is 0 Å². The van der Waals surface area contributed by atoms with E-state index >= 15 is 0 Å². The minimum atomic E-state index is -0.724. The lowest BCUT2D eigenvalue weighted by Crippen LogP contribution is -2.37. The number of nitrogens with zero attached hydrogens (tertiary/aromatic N) is 1. The van der Waals surface area contributed by atoms with Crippen molar-refractivity contribution in [2.45, 2.75) is 24.7 Å². The number of benzene rings is 2. The molecule has 4 nitrogen and oxygen atoms in total. The molecule has 1 amide bonds. The van der Waals surface area contributed by atoms with Gasteiger partial charge < -0.3 is 14.4 Å². The average Bonchev–Trinajstić information content (AvgIpc) is 3.23. The van der Waals surface area contributed by atoms with Crippen LogP contribution in [0.1, 0.15) is 17.5 Å². The summed E-state index contributed by atoms with van der Waals surface area (Å²) < 4.78 is 24.1. The van der Waals surface area contributed by atoms with Crippen LogP contribution in [0, 0.1) is 11.7 Å². The molecule has 30 heavy (non-hydrogen) atoms. The van der Waals surface area contributed by atoms with Crippen molar-refractivity contribution < 1.29 is 18.7 Å². The third-order valence-corrected chi connectivity index (χ3v) is 6.40. The molecule has 0 aromatic heterocycles. The molecule has 0 spiro atoms. The summed E-state index contributed by atoms with van der Waals surface area (Å²) in [6.07, 6.45) is 4.14. The summed E-state index contributed by atoms with van der Waals surface area (Å²) in [6, 6.07) is 11.5. The van der Waals surface area contributed by atoms with Crippen molar-refractivity contribution in [3.8, 4) is 0 Å². The molecule has 0 unspecified atom stereocenters. The van der Waals surface area contributed by atoms with Crippen molar-refractivity contribution in [1.82, 2.24) is 4.90 Å². The highest BCUT2D eigenvalue weighted by Gasteiger charge is 2.60. The van der Waals surface area contributed by atoms with Crippen LogP contribution >= 0.6 is 23.2 Å². The van der Waals surface area contributed by atoms with Crippen molar-refractivity contribution in [3.63, 3.8) is 0 Å². The number of ether oxygens (including phenoxy) is 2. The zero-order valence-corrected chi connectivity index (χ0v) is 18.0. The van der Waals surface area contributed by atoms with Crippen molar-refractivity contribution in [3.05, 3.63) is 81.6 Å². The van der Waals surface area contributed by atoms with Crippen LogP contribution in [-0.4, -0.2) is 37.4 Å². The third-order valence-electron chi connectivity index (χ3n) is 5.66. The highest BCUT2D eigenvalue weighted by molar-refractivity contribution is 6.42. The van der Waals surface area contributed by atoms with Gasteiger partial charge in [-0.05, 0) is 53.8 Å². The Hall–Kier alpha value is -1.92. The lowest BCUT2D eigenvalue weighted by atomic mass is 9.91. The molecule has 1 aliphatic carbocycles. The molecule has 0 bridgehead atoms. The SMILES string of the molecule is CN(Cc1ccc(F)cc1)C(=O)[C@@]1(c2ccc(Cl)c(Cl)c2)C[C@H]1/C=C\C1OCCO1. The topological polar surface area (TPSA) is 38.8 Å². The Morgan fingerprint density at radius 2 is 1.83 bits per heavy atom. The predicted octanol–water partition coefficient (Wildman–Crippen LogP) is 4.98. The van der Waals surface area contributed by atoms with E-state index in [1.807, 2.05) is 18.2 Å². The highest BCUT2D eigenvalue weighted by Crippen LogP contribution is 2.57. The number of allylic oxidation sites excluding steroid dienone is 1. The van der Waals surface area contributed by atoms with Crippen LogP contribution < -0.4 is 0 Å². The van der Waals surface area contributed by atoms with Crippen LogP contribution in [0.5, 0.6) is 0 Å². The van der Waals surface area contributed by atoms with Crippen LogP contribution in [0.15, 0.2) is 54.6 Å². The minimum Gasteiger partial charge on any atom is -0.347 e. The largest absolute Gasteiger partial charge is 0.347 e. The van der Waals surface area contributed by atoms with E-state index in [1.54, 1.807) is 36.2 Å². The van der Waals surface area contributed by atoms with Gasteiger partial charge >= 0.3 is 0 Å². The fraction of sp³-hybridized carbons (Fsp3) is 0.348. The second kappa shape index (κ2) is 8.67. The molecule has 1 heterocycles. The summed E-state index contributed by atoms with van der Waals surface area (Å²) in [5, 5.41) is 0.864. The standard InChI is InChI=1S/C23H22Cl2FNO3/c1-27(14-15-2-6-18(26)7-3-15)22(28)23(16-4-8-19(24)20(25)12-16)13-17(23)5-9-21-29-10-11-30-21/h2-9,12,17,21H,10-11,13-14H2,1H3/b9-5-/t17-,23-/m1/s1. The average molecular weight is 450 g/mol. The number of hydrogen-bond acceptors (Lipinski definition) is 3. The van der Waals surface area contributed by atoms with Crippen molar-refractivity contribution in [2.75, 3.05) is 20.3 Å². The monoisotopic (exact) mass is 449 g/mol. The molecule has 2 aliphatic rings. The van der Waals surface area contributed by atoms with E-state index < -0.39 is 5.41 Å². The second-order valence-electron chi connectivity index (χ2n) is 7.69. The van der Waals surface area contributed by atoms with Crippen LogP contribution in [0.4, 0.5) is 4.39 Å². The number of carbonyl (C=O) groups is 1. The second-order valence-corrected chi connectivity index (χ2v) is 8.51. The van der Waals surface area contributed by atoms with Crippen LogP contribution in [0.3, 0.4) is 0 Å². The van der Waals surface area contributed by atoms with Gasteiger partial charge in [-0.25, -0.2) is 4.39 Å². The van der Waals surface area contributed by atoms with E-state index in [0.717, 1.165) is 11.1 Å². The molecule has 0 N–H and O–H groups in total. The molecule has 0 radical (unpaired) electrons. The molecule has 158 valence electrons. The number of amides is 1. The number of rotatable bonds is 6. The Labute approximate surface area is 185 Å². The summed E-state index contributed by atoms with van der Waals surface area (Å²) in [5.74, 6) is -0.331. The summed E-state index contributed by atoms with van der Waals surface area (Å²) in [7, 11) is 1.76. The quantitative estimate of drug-likeness (QED) is 0.583. The van der Waals surface area contributed by atoms with Gasteiger partial charge in [0.25, 0.3) is 0 Å².